The van der Waals surface area contributed by atoms with E-state index in [1.165, 1.54) is 0 Å². The van der Waals surface area contributed by atoms with Crippen LogP contribution in [-0.2, 0) is 10.0 Å². The molecule has 0 heterocycles. The molecule has 17 heavy (non-hydrogen) atoms. The summed E-state index contributed by atoms with van der Waals surface area (Å²) in [6.45, 7) is 2.98. The zero-order valence-electron chi connectivity index (χ0n) is 9.94. The summed E-state index contributed by atoms with van der Waals surface area (Å²) in [5, 5.41) is 3.21. The van der Waals surface area contributed by atoms with Gasteiger partial charge in [0.05, 0.1) is 4.90 Å². The minimum absolute atomic E-state index is 0.151. The van der Waals surface area contributed by atoms with Crippen LogP contribution in [0.3, 0.4) is 0 Å². The maximum absolute atomic E-state index is 11.9. The molecule has 4 nitrogen and oxygen atoms in total. The van der Waals surface area contributed by atoms with Crippen molar-refractivity contribution >= 4 is 15.7 Å². The Bertz CT molecular complexity index is 464. The van der Waals surface area contributed by atoms with Gasteiger partial charge in [0.15, 0.2) is 0 Å². The van der Waals surface area contributed by atoms with E-state index in [9.17, 15) is 8.42 Å². The Balaban J connectivity index is 2.05. The highest BCUT2D eigenvalue weighted by Crippen LogP contribution is 2.22. The monoisotopic (exact) mass is 254 g/mol. The number of sulfonamides is 1. The third-order valence-electron chi connectivity index (χ3n) is 2.64. The Kier molecular flexibility index (Phi) is 3.69. The molecule has 0 unspecified atom stereocenters. The molecule has 0 amide bonds. The van der Waals surface area contributed by atoms with Gasteiger partial charge in [-0.25, -0.2) is 13.1 Å². The highest BCUT2D eigenvalue weighted by molar-refractivity contribution is 7.89. The second-order valence-corrected chi connectivity index (χ2v) is 6.06. The number of benzene rings is 1. The lowest BCUT2D eigenvalue weighted by Gasteiger charge is -2.07. The molecule has 1 aliphatic carbocycles. The Morgan fingerprint density at radius 1 is 1.24 bits per heavy atom. The molecule has 5 heteroatoms. The molecule has 2 N–H and O–H groups in total. The number of anilines is 1. The average Bonchev–Trinajstić information content (AvgIpc) is 3.10. The van der Waals surface area contributed by atoms with Crippen LogP contribution in [0.4, 0.5) is 5.69 Å². The summed E-state index contributed by atoms with van der Waals surface area (Å²) in [6, 6.07) is 7.04. The minimum Gasteiger partial charge on any atom is -0.385 e. The summed E-state index contributed by atoms with van der Waals surface area (Å²) in [5.74, 6) is 0. The second-order valence-electron chi connectivity index (χ2n) is 4.35. The Labute approximate surface area is 102 Å². The van der Waals surface area contributed by atoms with Gasteiger partial charge in [0.2, 0.25) is 10.0 Å². The lowest BCUT2D eigenvalue weighted by atomic mass is 10.3. The molecule has 1 fully saturated rings. The van der Waals surface area contributed by atoms with Crippen molar-refractivity contribution in [3.8, 4) is 0 Å². The van der Waals surface area contributed by atoms with Crippen molar-refractivity contribution in [2.45, 2.75) is 37.1 Å². The number of hydrogen-bond acceptors (Lipinski definition) is 3. The molecule has 0 saturated heterocycles. The smallest absolute Gasteiger partial charge is 0.240 e. The van der Waals surface area contributed by atoms with E-state index < -0.39 is 10.0 Å². The molecule has 0 aromatic heterocycles. The molecule has 1 aromatic rings. The van der Waals surface area contributed by atoms with Crippen LogP contribution in [0.15, 0.2) is 29.2 Å². The predicted molar refractivity (Wildman–Crippen MR) is 68.6 cm³/mol. The molecule has 1 aromatic carbocycles. The van der Waals surface area contributed by atoms with Crippen LogP contribution < -0.4 is 10.0 Å². The maximum Gasteiger partial charge on any atom is 0.240 e. The Morgan fingerprint density at radius 3 is 2.41 bits per heavy atom. The first-order chi connectivity index (χ1) is 8.12. The molecule has 0 atom stereocenters. The standard InChI is InChI=1S/C12H18N2O2S/c1-2-9-13-10-5-7-12(8-6-10)17(15,16)14-11-3-4-11/h5-8,11,13-14H,2-4,9H2,1H3. The van der Waals surface area contributed by atoms with Crippen LogP contribution in [0, 0.1) is 0 Å². The fraction of sp³-hybridized carbons (Fsp3) is 0.500. The van der Waals surface area contributed by atoms with Gasteiger partial charge in [-0.2, -0.15) is 0 Å². The normalized spacial score (nSPS) is 15.8. The molecular formula is C12H18N2O2S. The molecule has 0 radical (unpaired) electrons. The first-order valence-electron chi connectivity index (χ1n) is 5.98. The summed E-state index contributed by atoms with van der Waals surface area (Å²) in [5.41, 5.74) is 0.956. The zero-order chi connectivity index (χ0) is 12.3. The second kappa shape index (κ2) is 5.06. The summed E-state index contributed by atoms with van der Waals surface area (Å²) in [6.07, 6.45) is 2.95. The quantitative estimate of drug-likeness (QED) is 0.815. The van der Waals surface area contributed by atoms with Crippen molar-refractivity contribution in [2.24, 2.45) is 0 Å². The van der Waals surface area contributed by atoms with Crippen molar-refractivity contribution in [1.29, 1.82) is 0 Å². The van der Waals surface area contributed by atoms with Crippen molar-refractivity contribution < 1.29 is 8.42 Å². The molecule has 1 saturated carbocycles. The molecule has 0 bridgehead atoms. The van der Waals surface area contributed by atoms with Gasteiger partial charge in [-0.1, -0.05) is 6.92 Å². The van der Waals surface area contributed by atoms with Crippen LogP contribution in [0.2, 0.25) is 0 Å². The van der Waals surface area contributed by atoms with E-state index in [1.54, 1.807) is 24.3 Å². The van der Waals surface area contributed by atoms with Crippen LogP contribution in [-0.4, -0.2) is 21.0 Å². The van der Waals surface area contributed by atoms with Crippen LogP contribution in [0.1, 0.15) is 26.2 Å². The largest absolute Gasteiger partial charge is 0.385 e. The molecule has 94 valence electrons. The maximum atomic E-state index is 11.9. The van der Waals surface area contributed by atoms with E-state index >= 15 is 0 Å². The summed E-state index contributed by atoms with van der Waals surface area (Å²) in [4.78, 5) is 0.339. The molecule has 1 aliphatic rings. The highest BCUT2D eigenvalue weighted by atomic mass is 32.2. The number of nitrogens with one attached hydrogen (secondary N) is 2. The number of rotatable bonds is 6. The van der Waals surface area contributed by atoms with Crippen LogP contribution >= 0.6 is 0 Å². The summed E-state index contributed by atoms with van der Waals surface area (Å²) >= 11 is 0. The van der Waals surface area contributed by atoms with E-state index in [-0.39, 0.29) is 6.04 Å². The summed E-state index contributed by atoms with van der Waals surface area (Å²) in [7, 11) is -3.31. The van der Waals surface area contributed by atoms with Crippen molar-refractivity contribution in [3.63, 3.8) is 0 Å². The van der Waals surface area contributed by atoms with Gasteiger partial charge in [0.25, 0.3) is 0 Å². The molecule has 0 spiro atoms. The van der Waals surface area contributed by atoms with Gasteiger partial charge in [0.1, 0.15) is 0 Å². The van der Waals surface area contributed by atoms with E-state index in [2.05, 4.69) is 17.0 Å². The Hall–Kier alpha value is -1.07. The zero-order valence-corrected chi connectivity index (χ0v) is 10.8. The fourth-order valence-electron chi connectivity index (χ4n) is 1.51. The van der Waals surface area contributed by atoms with Gasteiger partial charge in [-0.05, 0) is 43.5 Å². The lowest BCUT2D eigenvalue weighted by molar-refractivity contribution is 0.581. The van der Waals surface area contributed by atoms with Crippen LogP contribution in [0.5, 0.6) is 0 Å². The van der Waals surface area contributed by atoms with Gasteiger partial charge < -0.3 is 5.32 Å². The summed E-state index contributed by atoms with van der Waals surface area (Å²) < 4.78 is 26.4. The Morgan fingerprint density at radius 2 is 1.88 bits per heavy atom. The van der Waals surface area contributed by atoms with Crippen molar-refractivity contribution in [2.75, 3.05) is 11.9 Å². The number of hydrogen-bond donors (Lipinski definition) is 2. The van der Waals surface area contributed by atoms with Gasteiger partial charge in [0, 0.05) is 18.3 Å². The van der Waals surface area contributed by atoms with Crippen molar-refractivity contribution in [3.05, 3.63) is 24.3 Å². The first kappa shape index (κ1) is 12.4. The third-order valence-corrected chi connectivity index (χ3v) is 4.18. The fourth-order valence-corrected chi connectivity index (χ4v) is 2.81. The predicted octanol–water partition coefficient (Wildman–Crippen LogP) is 1.95. The molecule has 2 rings (SSSR count). The third kappa shape index (κ3) is 3.44. The minimum atomic E-state index is -3.31. The van der Waals surface area contributed by atoms with E-state index in [0.29, 0.717) is 4.90 Å². The molecular weight excluding hydrogens is 236 g/mol. The lowest BCUT2D eigenvalue weighted by Crippen LogP contribution is -2.25. The van der Waals surface area contributed by atoms with Gasteiger partial charge in [-0.3, -0.25) is 0 Å². The van der Waals surface area contributed by atoms with E-state index in [4.69, 9.17) is 0 Å². The van der Waals surface area contributed by atoms with Crippen molar-refractivity contribution in [1.82, 2.24) is 4.72 Å². The van der Waals surface area contributed by atoms with Gasteiger partial charge in [-0.15, -0.1) is 0 Å². The topological polar surface area (TPSA) is 58.2 Å². The first-order valence-corrected chi connectivity index (χ1v) is 7.46. The SMILES string of the molecule is CCCNc1ccc(S(=O)(=O)NC2CC2)cc1. The molecule has 0 aliphatic heterocycles. The van der Waals surface area contributed by atoms with Crippen LogP contribution in [0.25, 0.3) is 0 Å². The average molecular weight is 254 g/mol. The van der Waals surface area contributed by atoms with Gasteiger partial charge >= 0.3 is 0 Å². The van der Waals surface area contributed by atoms with E-state index in [1.807, 2.05) is 0 Å². The highest BCUT2D eigenvalue weighted by Gasteiger charge is 2.27. The van der Waals surface area contributed by atoms with E-state index in [0.717, 1.165) is 31.5 Å².